The highest BCUT2D eigenvalue weighted by Gasteiger charge is 2.34. The molecule has 1 saturated heterocycles. The molecular weight excluding hydrogens is 401 g/mol. The molecule has 0 spiro atoms. The van der Waals surface area contributed by atoms with Crippen LogP contribution in [-0.4, -0.2) is 75.7 Å². The lowest BCUT2D eigenvalue weighted by atomic mass is 10.2. The smallest absolute Gasteiger partial charge is 0.320 e. The summed E-state index contributed by atoms with van der Waals surface area (Å²) in [6, 6.07) is 4.12. The molecule has 10 heteroatoms. The van der Waals surface area contributed by atoms with E-state index in [1.54, 1.807) is 23.1 Å². The number of likely N-dealkylation sites (N-methyl/N-ethyl adjacent to an activating group) is 1. The van der Waals surface area contributed by atoms with Crippen molar-refractivity contribution in [3.05, 3.63) is 28.2 Å². The summed E-state index contributed by atoms with van der Waals surface area (Å²) in [6.07, 6.45) is 0.451. The van der Waals surface area contributed by atoms with E-state index in [1.165, 1.54) is 0 Å². The Morgan fingerprint density at radius 2 is 2.04 bits per heavy atom. The predicted octanol–water partition coefficient (Wildman–Crippen LogP) is 2.09. The monoisotopic (exact) mass is 423 g/mol. The van der Waals surface area contributed by atoms with Gasteiger partial charge in [0.2, 0.25) is 0 Å². The van der Waals surface area contributed by atoms with Crippen LogP contribution in [0, 0.1) is 0 Å². The van der Waals surface area contributed by atoms with Crippen LogP contribution >= 0.6 is 23.2 Å². The van der Waals surface area contributed by atoms with E-state index in [-0.39, 0.29) is 30.3 Å². The lowest BCUT2D eigenvalue weighted by Crippen LogP contribution is -2.49. The van der Waals surface area contributed by atoms with Gasteiger partial charge in [0.05, 0.1) is 16.5 Å². The maximum Gasteiger partial charge on any atom is 0.320 e. The Morgan fingerprint density at radius 3 is 2.62 bits per heavy atom. The lowest BCUT2D eigenvalue weighted by molar-refractivity contribution is 0.162. The van der Waals surface area contributed by atoms with Crippen molar-refractivity contribution in [3.63, 3.8) is 0 Å². The summed E-state index contributed by atoms with van der Waals surface area (Å²) in [4.78, 5) is 16.1. The van der Waals surface area contributed by atoms with Gasteiger partial charge < -0.3 is 19.9 Å². The van der Waals surface area contributed by atoms with Crippen LogP contribution in [0.1, 0.15) is 6.42 Å². The summed E-state index contributed by atoms with van der Waals surface area (Å²) in [6.45, 7) is 0.979. The first-order chi connectivity index (χ1) is 12.2. The number of carbonyl (C=O) groups excluding carboxylic acids is 1. The van der Waals surface area contributed by atoms with Crippen LogP contribution in [0.5, 0.6) is 5.75 Å². The second-order valence-electron chi connectivity index (χ2n) is 6.40. The number of hydrogen-bond acceptors (Lipinski definition) is 5. The molecule has 1 fully saturated rings. The zero-order valence-electron chi connectivity index (χ0n) is 14.7. The fraction of sp³-hybridized carbons (Fsp3) is 0.562. The van der Waals surface area contributed by atoms with Crippen molar-refractivity contribution in [2.45, 2.75) is 12.5 Å². The maximum absolute atomic E-state index is 12.6. The summed E-state index contributed by atoms with van der Waals surface area (Å²) in [5.74, 6) is 0.512. The van der Waals surface area contributed by atoms with Gasteiger partial charge in [-0.15, -0.1) is 0 Å². The molecule has 0 aromatic heterocycles. The highest BCUT2D eigenvalue weighted by atomic mass is 35.5. The maximum atomic E-state index is 12.6. The molecule has 1 aliphatic rings. The molecule has 1 aromatic carbocycles. The first kappa shape index (κ1) is 21.1. The molecule has 1 atom stereocenters. The van der Waals surface area contributed by atoms with E-state index in [0.29, 0.717) is 35.3 Å². The van der Waals surface area contributed by atoms with Gasteiger partial charge in [0.1, 0.15) is 5.75 Å². The van der Waals surface area contributed by atoms with Gasteiger partial charge in [-0.2, -0.15) is 0 Å². The zero-order valence-corrected chi connectivity index (χ0v) is 17.1. The number of carbonyl (C=O) groups is 1. The molecule has 7 nitrogen and oxygen atoms in total. The van der Waals surface area contributed by atoms with Crippen LogP contribution in [-0.2, 0) is 9.84 Å². The molecule has 2 amide bonds. The molecule has 0 aliphatic carbocycles. The quantitative estimate of drug-likeness (QED) is 0.679. The van der Waals surface area contributed by atoms with Crippen molar-refractivity contribution in [2.24, 2.45) is 0 Å². The highest BCUT2D eigenvalue weighted by Crippen LogP contribution is 2.27. The number of ether oxygens (including phenoxy) is 1. The number of hydrogen-bond donors (Lipinski definition) is 1. The van der Waals surface area contributed by atoms with Crippen molar-refractivity contribution in [3.8, 4) is 5.75 Å². The Morgan fingerprint density at radius 1 is 1.31 bits per heavy atom. The molecule has 1 N–H and O–H groups in total. The Bertz CT molecular complexity index is 743. The normalized spacial score (nSPS) is 18.7. The van der Waals surface area contributed by atoms with Gasteiger partial charge in [-0.25, -0.2) is 13.2 Å². The summed E-state index contributed by atoms with van der Waals surface area (Å²) < 4.78 is 29.0. The third kappa shape index (κ3) is 6.19. The fourth-order valence-electron chi connectivity index (χ4n) is 2.65. The average Bonchev–Trinajstić information content (AvgIpc) is 2.89. The van der Waals surface area contributed by atoms with E-state index in [4.69, 9.17) is 27.9 Å². The first-order valence-electron chi connectivity index (χ1n) is 8.15. The van der Waals surface area contributed by atoms with E-state index in [0.717, 1.165) is 0 Å². The van der Waals surface area contributed by atoms with E-state index in [1.807, 2.05) is 19.0 Å². The van der Waals surface area contributed by atoms with Crippen molar-refractivity contribution >= 4 is 39.1 Å². The molecular formula is C16H23Cl2N3O4S. The third-order valence-electron chi connectivity index (χ3n) is 4.04. The summed E-state index contributed by atoms with van der Waals surface area (Å²) in [5.41, 5.74) is 0. The number of halogens is 2. The molecule has 1 aromatic rings. The SMILES string of the molecule is CN(C)CCN(C(=O)NCOc1ccc(Cl)cc1Cl)C1CCS(=O)(=O)C1. The van der Waals surface area contributed by atoms with Gasteiger partial charge in [0.25, 0.3) is 0 Å². The van der Waals surface area contributed by atoms with Gasteiger partial charge >= 0.3 is 6.03 Å². The largest absolute Gasteiger partial charge is 0.472 e. The summed E-state index contributed by atoms with van der Waals surface area (Å²) in [7, 11) is 0.710. The van der Waals surface area contributed by atoms with Crippen LogP contribution in [0.4, 0.5) is 4.79 Å². The molecule has 26 heavy (non-hydrogen) atoms. The van der Waals surface area contributed by atoms with E-state index in [9.17, 15) is 13.2 Å². The molecule has 0 bridgehead atoms. The molecule has 146 valence electrons. The average molecular weight is 424 g/mol. The molecule has 1 aliphatic heterocycles. The van der Waals surface area contributed by atoms with E-state index < -0.39 is 9.84 Å². The Balaban J connectivity index is 1.95. The molecule has 0 radical (unpaired) electrons. The highest BCUT2D eigenvalue weighted by molar-refractivity contribution is 7.91. The molecule has 2 rings (SSSR count). The predicted molar refractivity (Wildman–Crippen MR) is 103 cm³/mol. The molecule has 0 saturated carbocycles. The van der Waals surface area contributed by atoms with Gasteiger partial charge in [-0.05, 0) is 38.7 Å². The van der Waals surface area contributed by atoms with Crippen LogP contribution in [0.2, 0.25) is 10.0 Å². The molecule has 1 heterocycles. The number of amides is 2. The van der Waals surface area contributed by atoms with Crippen molar-refractivity contribution in [2.75, 3.05) is 45.4 Å². The number of benzene rings is 1. The second-order valence-corrected chi connectivity index (χ2v) is 9.47. The molecule has 1 unspecified atom stereocenters. The number of urea groups is 1. The van der Waals surface area contributed by atoms with Crippen molar-refractivity contribution < 1.29 is 17.9 Å². The second kappa shape index (κ2) is 9.12. The minimum absolute atomic E-state index is 0.00226. The van der Waals surface area contributed by atoms with Gasteiger partial charge in [0.15, 0.2) is 16.6 Å². The number of sulfone groups is 1. The standard InChI is InChI=1S/C16H23Cl2N3O4S/c1-20(2)6-7-21(13-5-8-26(23,24)10-13)16(22)19-11-25-15-4-3-12(17)9-14(15)18/h3-4,9,13H,5-8,10-11H2,1-2H3,(H,19,22). The Kier molecular flexibility index (Phi) is 7.40. The lowest BCUT2D eigenvalue weighted by Gasteiger charge is -2.29. The van der Waals surface area contributed by atoms with Gasteiger partial charge in [-0.1, -0.05) is 23.2 Å². The number of nitrogens with zero attached hydrogens (tertiary/aromatic N) is 2. The topological polar surface area (TPSA) is 79.0 Å². The minimum atomic E-state index is -3.08. The van der Waals surface area contributed by atoms with Crippen molar-refractivity contribution in [1.29, 1.82) is 0 Å². The minimum Gasteiger partial charge on any atom is -0.472 e. The van der Waals surface area contributed by atoms with Gasteiger partial charge in [-0.3, -0.25) is 0 Å². The third-order valence-corrected chi connectivity index (χ3v) is 6.32. The van der Waals surface area contributed by atoms with Crippen LogP contribution in [0.3, 0.4) is 0 Å². The fourth-order valence-corrected chi connectivity index (χ4v) is 4.84. The van der Waals surface area contributed by atoms with Crippen LogP contribution in [0.25, 0.3) is 0 Å². The van der Waals surface area contributed by atoms with Crippen molar-refractivity contribution in [1.82, 2.24) is 15.1 Å². The number of nitrogens with one attached hydrogen (secondary N) is 1. The summed E-state index contributed by atoms with van der Waals surface area (Å²) >= 11 is 11.9. The Hall–Kier alpha value is -1.22. The number of rotatable bonds is 7. The Labute approximate surface area is 164 Å². The van der Waals surface area contributed by atoms with Crippen LogP contribution < -0.4 is 10.1 Å². The zero-order chi connectivity index (χ0) is 19.3. The van der Waals surface area contributed by atoms with Gasteiger partial charge in [0, 0.05) is 24.2 Å². The van der Waals surface area contributed by atoms with Crippen LogP contribution in [0.15, 0.2) is 18.2 Å². The first-order valence-corrected chi connectivity index (χ1v) is 10.7. The van der Waals surface area contributed by atoms with E-state index in [2.05, 4.69) is 5.32 Å². The van der Waals surface area contributed by atoms with E-state index >= 15 is 0 Å². The summed E-state index contributed by atoms with van der Waals surface area (Å²) in [5, 5.41) is 3.50.